The van der Waals surface area contributed by atoms with Crippen molar-refractivity contribution in [3.63, 3.8) is 0 Å². The van der Waals surface area contributed by atoms with Crippen LogP contribution in [0.5, 0.6) is 5.75 Å². The number of fused-ring (bicyclic) bond motifs is 3. The maximum atomic E-state index is 9.84. The van der Waals surface area contributed by atoms with Gasteiger partial charge in [0, 0.05) is 34.6 Å². The molecule has 1 aromatic heterocycles. The van der Waals surface area contributed by atoms with Crippen LogP contribution in [0, 0.1) is 0 Å². The maximum absolute atomic E-state index is 9.84. The van der Waals surface area contributed by atoms with E-state index in [-0.39, 0.29) is 5.75 Å². The summed E-state index contributed by atoms with van der Waals surface area (Å²) in [4.78, 5) is 4.53. The molecule has 3 heteroatoms. The number of hydrogen-bond acceptors (Lipinski definition) is 2. The van der Waals surface area contributed by atoms with E-state index in [4.69, 9.17) is 0 Å². The molecule has 0 fully saturated rings. The van der Waals surface area contributed by atoms with Gasteiger partial charge in [-0.2, -0.15) is 0 Å². The second-order valence-electron chi connectivity index (χ2n) is 5.78. The minimum absolute atomic E-state index is 0.241. The van der Waals surface area contributed by atoms with Crippen LogP contribution >= 0.6 is 0 Å². The van der Waals surface area contributed by atoms with Crippen molar-refractivity contribution in [3.8, 4) is 5.75 Å². The van der Waals surface area contributed by atoms with Gasteiger partial charge in [-0.05, 0) is 37.3 Å². The highest BCUT2D eigenvalue weighted by atomic mass is 16.3. The van der Waals surface area contributed by atoms with E-state index in [2.05, 4.69) is 52.9 Å². The average molecular weight is 314 g/mol. The van der Waals surface area contributed by atoms with Crippen LogP contribution < -0.4 is 0 Å². The Kier molecular flexibility index (Phi) is 3.54. The topological polar surface area (TPSA) is 37.5 Å². The number of phenols is 1. The fraction of sp³-hybridized carbons (Fsp3) is 0.0952. The molecule has 24 heavy (non-hydrogen) atoms. The van der Waals surface area contributed by atoms with Gasteiger partial charge in [-0.25, -0.2) is 0 Å². The second kappa shape index (κ2) is 5.85. The number of aryl methyl sites for hydroxylation is 1. The Hall–Kier alpha value is -3.07. The van der Waals surface area contributed by atoms with Crippen LogP contribution in [0.4, 0.5) is 5.69 Å². The van der Waals surface area contributed by atoms with Crippen molar-refractivity contribution in [3.05, 3.63) is 72.3 Å². The largest absolute Gasteiger partial charge is 0.507 e. The smallest absolute Gasteiger partial charge is 0.124 e. The molecule has 4 rings (SSSR count). The summed E-state index contributed by atoms with van der Waals surface area (Å²) in [5.41, 5.74) is 4.03. The predicted molar refractivity (Wildman–Crippen MR) is 100 cm³/mol. The summed E-state index contributed by atoms with van der Waals surface area (Å²) in [5.74, 6) is 0.241. The Labute approximate surface area is 140 Å². The summed E-state index contributed by atoms with van der Waals surface area (Å²) in [6.07, 6.45) is 1.70. The van der Waals surface area contributed by atoms with Crippen LogP contribution in [0.1, 0.15) is 12.5 Å². The number of nitrogens with zero attached hydrogens (tertiary/aromatic N) is 2. The van der Waals surface area contributed by atoms with Crippen LogP contribution in [0.25, 0.3) is 21.8 Å². The molecule has 0 aliphatic carbocycles. The third-order valence-electron chi connectivity index (χ3n) is 4.36. The van der Waals surface area contributed by atoms with Gasteiger partial charge >= 0.3 is 0 Å². The first-order chi connectivity index (χ1) is 11.8. The molecule has 1 heterocycles. The van der Waals surface area contributed by atoms with E-state index in [1.54, 1.807) is 18.3 Å². The summed E-state index contributed by atoms with van der Waals surface area (Å²) in [5, 5.41) is 12.4. The first-order valence-corrected chi connectivity index (χ1v) is 8.11. The number of aromatic hydroxyl groups is 1. The number of phenolic OH excluding ortho intramolecular Hbond substituents is 1. The Bertz CT molecular complexity index is 1060. The number of rotatable bonds is 3. The van der Waals surface area contributed by atoms with Crippen LogP contribution in [0.15, 0.2) is 71.7 Å². The Balaban J connectivity index is 1.84. The number of hydrogen-bond donors (Lipinski definition) is 1. The third kappa shape index (κ3) is 2.35. The predicted octanol–water partition coefficient (Wildman–Crippen LogP) is 5.27. The molecule has 4 aromatic rings. The second-order valence-corrected chi connectivity index (χ2v) is 5.78. The molecule has 0 aliphatic heterocycles. The number of aliphatic imine (C=N–C) groups is 1. The summed E-state index contributed by atoms with van der Waals surface area (Å²) < 4.78 is 2.31. The van der Waals surface area contributed by atoms with Crippen LogP contribution in [0.2, 0.25) is 0 Å². The zero-order valence-corrected chi connectivity index (χ0v) is 13.5. The molecule has 0 saturated heterocycles. The first-order valence-electron chi connectivity index (χ1n) is 8.11. The molecule has 0 aliphatic rings. The summed E-state index contributed by atoms with van der Waals surface area (Å²) in [6.45, 7) is 3.07. The lowest BCUT2D eigenvalue weighted by Gasteiger charge is -2.03. The number of aromatic nitrogens is 1. The van der Waals surface area contributed by atoms with E-state index in [0.717, 1.165) is 12.2 Å². The van der Waals surface area contributed by atoms with Crippen molar-refractivity contribution < 1.29 is 5.11 Å². The van der Waals surface area contributed by atoms with E-state index in [0.29, 0.717) is 5.56 Å². The molecule has 1 N–H and O–H groups in total. The Morgan fingerprint density at radius 3 is 2.50 bits per heavy atom. The Morgan fingerprint density at radius 1 is 0.917 bits per heavy atom. The first kappa shape index (κ1) is 14.5. The zero-order chi connectivity index (χ0) is 16.5. The molecular formula is C21H18N2O. The maximum Gasteiger partial charge on any atom is 0.124 e. The molecule has 0 spiro atoms. The third-order valence-corrected chi connectivity index (χ3v) is 4.36. The highest BCUT2D eigenvalue weighted by Gasteiger charge is 2.09. The lowest BCUT2D eigenvalue weighted by molar-refractivity contribution is 0.474. The van der Waals surface area contributed by atoms with Crippen molar-refractivity contribution in [1.29, 1.82) is 0 Å². The Morgan fingerprint density at radius 2 is 1.67 bits per heavy atom. The monoisotopic (exact) mass is 314 g/mol. The van der Waals surface area contributed by atoms with E-state index >= 15 is 0 Å². The minimum atomic E-state index is 0.241. The molecule has 0 amide bonds. The normalized spacial score (nSPS) is 11.7. The molecule has 0 unspecified atom stereocenters. The van der Waals surface area contributed by atoms with E-state index in [1.165, 1.54) is 21.8 Å². The van der Waals surface area contributed by atoms with Crippen LogP contribution in [-0.2, 0) is 6.54 Å². The fourth-order valence-electron chi connectivity index (χ4n) is 3.20. The van der Waals surface area contributed by atoms with Gasteiger partial charge < -0.3 is 9.67 Å². The standard InChI is InChI=1S/C21H18N2O/c1-2-23-19-9-5-4-8-17(19)18-12-11-16(13-20(18)23)22-14-15-7-3-6-10-21(15)24/h3-14,24H,2H2,1H3. The van der Waals surface area contributed by atoms with Gasteiger partial charge in [-0.3, -0.25) is 4.99 Å². The molecule has 0 bridgehead atoms. The molecule has 0 saturated carbocycles. The van der Waals surface area contributed by atoms with Crippen molar-refractivity contribution in [2.24, 2.45) is 4.99 Å². The van der Waals surface area contributed by atoms with Crippen molar-refractivity contribution in [2.75, 3.05) is 0 Å². The van der Waals surface area contributed by atoms with Crippen molar-refractivity contribution in [1.82, 2.24) is 4.57 Å². The average Bonchev–Trinajstić information content (AvgIpc) is 2.94. The van der Waals surface area contributed by atoms with E-state index in [1.807, 2.05) is 18.2 Å². The van der Waals surface area contributed by atoms with Gasteiger partial charge in [-0.15, -0.1) is 0 Å². The highest BCUT2D eigenvalue weighted by molar-refractivity contribution is 6.08. The van der Waals surface area contributed by atoms with Gasteiger partial charge in [0.25, 0.3) is 0 Å². The molecule has 0 radical (unpaired) electrons. The van der Waals surface area contributed by atoms with Gasteiger partial charge in [0.15, 0.2) is 0 Å². The summed E-state index contributed by atoms with van der Waals surface area (Å²) in [7, 11) is 0. The van der Waals surface area contributed by atoms with Gasteiger partial charge in [0.2, 0.25) is 0 Å². The summed E-state index contributed by atoms with van der Waals surface area (Å²) >= 11 is 0. The summed E-state index contributed by atoms with van der Waals surface area (Å²) in [6, 6.07) is 21.9. The number of para-hydroxylation sites is 2. The van der Waals surface area contributed by atoms with Gasteiger partial charge in [0.05, 0.1) is 11.2 Å². The van der Waals surface area contributed by atoms with Crippen molar-refractivity contribution >= 4 is 33.7 Å². The molecule has 3 nitrogen and oxygen atoms in total. The van der Waals surface area contributed by atoms with Gasteiger partial charge in [-0.1, -0.05) is 36.4 Å². The van der Waals surface area contributed by atoms with Gasteiger partial charge in [0.1, 0.15) is 5.75 Å². The zero-order valence-electron chi connectivity index (χ0n) is 13.5. The molecule has 118 valence electrons. The fourth-order valence-corrected chi connectivity index (χ4v) is 3.20. The molecular weight excluding hydrogens is 296 g/mol. The van der Waals surface area contributed by atoms with E-state index < -0.39 is 0 Å². The van der Waals surface area contributed by atoms with Crippen LogP contribution in [0.3, 0.4) is 0 Å². The van der Waals surface area contributed by atoms with Crippen molar-refractivity contribution in [2.45, 2.75) is 13.5 Å². The SMILES string of the molecule is CCn1c2ccccc2c2ccc(N=Cc3ccccc3O)cc21. The number of benzene rings is 3. The van der Waals surface area contributed by atoms with Crippen LogP contribution in [-0.4, -0.2) is 15.9 Å². The lowest BCUT2D eigenvalue weighted by atomic mass is 10.1. The quantitative estimate of drug-likeness (QED) is 0.514. The molecule has 3 aromatic carbocycles. The lowest BCUT2D eigenvalue weighted by Crippen LogP contribution is -1.92. The van der Waals surface area contributed by atoms with E-state index in [9.17, 15) is 5.11 Å². The molecule has 0 atom stereocenters. The highest BCUT2D eigenvalue weighted by Crippen LogP contribution is 2.31. The minimum Gasteiger partial charge on any atom is -0.507 e.